The second-order valence-corrected chi connectivity index (χ2v) is 6.00. The molecule has 1 aromatic rings. The highest BCUT2D eigenvalue weighted by Crippen LogP contribution is 2.31. The molecular formula is C14H16BrN3. The van der Waals surface area contributed by atoms with Crippen molar-refractivity contribution in [2.75, 3.05) is 18.4 Å². The number of halogens is 1. The molecule has 3 nitrogen and oxygen atoms in total. The van der Waals surface area contributed by atoms with Gasteiger partial charge in [-0.1, -0.05) is 15.9 Å². The maximum Gasteiger partial charge on any atom is 0.101 e. The minimum atomic E-state index is 0.501. The van der Waals surface area contributed by atoms with Crippen LogP contribution in [0, 0.1) is 11.3 Å². The van der Waals surface area contributed by atoms with Crippen molar-refractivity contribution in [3.05, 3.63) is 28.2 Å². The van der Waals surface area contributed by atoms with Gasteiger partial charge in [0, 0.05) is 23.1 Å². The van der Waals surface area contributed by atoms with E-state index in [1.807, 2.05) is 18.2 Å². The van der Waals surface area contributed by atoms with E-state index in [1.165, 1.54) is 32.4 Å². The van der Waals surface area contributed by atoms with E-state index in [9.17, 15) is 5.26 Å². The molecule has 0 aliphatic carbocycles. The average Bonchev–Trinajstić information content (AvgIpc) is 2.96. The Hall–Kier alpha value is -1.05. The second-order valence-electron chi connectivity index (χ2n) is 5.09. The minimum absolute atomic E-state index is 0.501. The van der Waals surface area contributed by atoms with Gasteiger partial charge in [-0.3, -0.25) is 4.90 Å². The Balaban J connectivity index is 1.79. The van der Waals surface area contributed by atoms with Gasteiger partial charge in [0.15, 0.2) is 0 Å². The number of hydrogen-bond acceptors (Lipinski definition) is 3. The highest BCUT2D eigenvalue weighted by atomic mass is 79.9. The van der Waals surface area contributed by atoms with Crippen LogP contribution in [0.4, 0.5) is 5.69 Å². The van der Waals surface area contributed by atoms with Gasteiger partial charge in [0.2, 0.25) is 0 Å². The molecule has 0 spiro atoms. The first-order valence-corrected chi connectivity index (χ1v) is 7.27. The minimum Gasteiger partial charge on any atom is -0.380 e. The zero-order valence-corrected chi connectivity index (χ0v) is 11.8. The normalized spacial score (nSPS) is 26.9. The third-order valence-corrected chi connectivity index (χ3v) is 4.54. The van der Waals surface area contributed by atoms with E-state index in [0.717, 1.165) is 15.7 Å². The number of nitrogens with zero attached hydrogens (tertiary/aromatic N) is 2. The van der Waals surface area contributed by atoms with Crippen molar-refractivity contribution in [2.45, 2.75) is 31.3 Å². The van der Waals surface area contributed by atoms with E-state index in [2.05, 4.69) is 32.2 Å². The predicted octanol–water partition coefficient (Wildman–Crippen LogP) is 2.97. The van der Waals surface area contributed by atoms with Gasteiger partial charge in [0.05, 0.1) is 11.3 Å². The third kappa shape index (κ3) is 2.13. The number of nitriles is 1. The van der Waals surface area contributed by atoms with Gasteiger partial charge in [-0.25, -0.2) is 0 Å². The Morgan fingerprint density at radius 1 is 1.33 bits per heavy atom. The molecule has 1 aromatic carbocycles. The zero-order valence-electron chi connectivity index (χ0n) is 10.2. The number of benzene rings is 1. The standard InChI is InChI=1S/C14H16BrN3/c15-11-3-4-12(10(8-11)9-16)17-13-5-7-18-6-1-2-14(13)18/h3-4,8,13-14,17H,1-2,5-7H2. The molecule has 2 heterocycles. The lowest BCUT2D eigenvalue weighted by molar-refractivity contribution is 0.318. The molecule has 0 amide bonds. The van der Waals surface area contributed by atoms with Crippen molar-refractivity contribution in [2.24, 2.45) is 0 Å². The maximum atomic E-state index is 9.18. The summed E-state index contributed by atoms with van der Waals surface area (Å²) in [4.78, 5) is 2.57. The summed E-state index contributed by atoms with van der Waals surface area (Å²) in [5.74, 6) is 0. The molecule has 2 aliphatic heterocycles. The first kappa shape index (κ1) is 12.0. The van der Waals surface area contributed by atoms with Crippen molar-refractivity contribution in [1.82, 2.24) is 4.90 Å². The number of fused-ring (bicyclic) bond motifs is 1. The SMILES string of the molecule is N#Cc1cc(Br)ccc1NC1CCN2CCCC12. The highest BCUT2D eigenvalue weighted by Gasteiger charge is 2.37. The molecule has 0 aromatic heterocycles. The third-order valence-electron chi connectivity index (χ3n) is 4.05. The Labute approximate surface area is 116 Å². The molecule has 0 bridgehead atoms. The van der Waals surface area contributed by atoms with Crippen molar-refractivity contribution in [3.63, 3.8) is 0 Å². The summed E-state index contributed by atoms with van der Waals surface area (Å²) in [6, 6.07) is 9.30. The van der Waals surface area contributed by atoms with Gasteiger partial charge in [-0.05, 0) is 44.0 Å². The van der Waals surface area contributed by atoms with Crippen molar-refractivity contribution < 1.29 is 0 Å². The van der Waals surface area contributed by atoms with Crippen LogP contribution in [-0.2, 0) is 0 Å². The fourth-order valence-corrected chi connectivity index (χ4v) is 3.55. The lowest BCUT2D eigenvalue weighted by Gasteiger charge is -2.22. The van der Waals surface area contributed by atoms with Crippen LogP contribution in [0.15, 0.2) is 22.7 Å². The molecule has 1 N–H and O–H groups in total. The molecule has 2 atom stereocenters. The summed E-state index contributed by atoms with van der Waals surface area (Å²) < 4.78 is 0.957. The Bertz CT molecular complexity index is 494. The van der Waals surface area contributed by atoms with Crippen LogP contribution in [-0.4, -0.2) is 30.1 Å². The van der Waals surface area contributed by atoms with E-state index in [4.69, 9.17) is 0 Å². The second kappa shape index (κ2) is 4.91. The Morgan fingerprint density at radius 3 is 3.06 bits per heavy atom. The molecule has 2 aliphatic rings. The van der Waals surface area contributed by atoms with Crippen LogP contribution in [0.5, 0.6) is 0 Å². The van der Waals surface area contributed by atoms with Crippen LogP contribution in [0.2, 0.25) is 0 Å². The van der Waals surface area contributed by atoms with E-state index in [1.54, 1.807) is 0 Å². The van der Waals surface area contributed by atoms with Crippen molar-refractivity contribution >= 4 is 21.6 Å². The topological polar surface area (TPSA) is 39.1 Å². The molecule has 0 saturated carbocycles. The van der Waals surface area contributed by atoms with Crippen molar-refractivity contribution in [1.29, 1.82) is 5.26 Å². The van der Waals surface area contributed by atoms with Crippen molar-refractivity contribution in [3.8, 4) is 6.07 Å². The van der Waals surface area contributed by atoms with E-state index in [0.29, 0.717) is 12.1 Å². The largest absolute Gasteiger partial charge is 0.380 e. The Morgan fingerprint density at radius 2 is 2.22 bits per heavy atom. The van der Waals surface area contributed by atoms with Gasteiger partial charge >= 0.3 is 0 Å². The lowest BCUT2D eigenvalue weighted by atomic mass is 10.1. The van der Waals surface area contributed by atoms with E-state index < -0.39 is 0 Å². The fourth-order valence-electron chi connectivity index (χ4n) is 3.19. The predicted molar refractivity (Wildman–Crippen MR) is 75.5 cm³/mol. The van der Waals surface area contributed by atoms with E-state index >= 15 is 0 Å². The van der Waals surface area contributed by atoms with Gasteiger partial charge in [0.25, 0.3) is 0 Å². The van der Waals surface area contributed by atoms with Crippen LogP contribution >= 0.6 is 15.9 Å². The highest BCUT2D eigenvalue weighted by molar-refractivity contribution is 9.10. The maximum absolute atomic E-state index is 9.18. The molecule has 2 fully saturated rings. The Kier molecular flexibility index (Phi) is 3.27. The molecule has 94 valence electrons. The fraction of sp³-hybridized carbons (Fsp3) is 0.500. The monoisotopic (exact) mass is 305 g/mol. The molecular weight excluding hydrogens is 290 g/mol. The van der Waals surface area contributed by atoms with Gasteiger partial charge in [-0.2, -0.15) is 5.26 Å². The lowest BCUT2D eigenvalue weighted by Crippen LogP contribution is -2.33. The smallest absolute Gasteiger partial charge is 0.101 e. The first-order chi connectivity index (χ1) is 8.78. The summed E-state index contributed by atoms with van der Waals surface area (Å²) in [7, 11) is 0. The summed E-state index contributed by atoms with van der Waals surface area (Å²) >= 11 is 3.41. The number of nitrogens with one attached hydrogen (secondary N) is 1. The molecule has 2 saturated heterocycles. The summed E-state index contributed by atoms with van der Waals surface area (Å²) in [5, 5.41) is 12.8. The van der Waals surface area contributed by atoms with Gasteiger partial charge in [0.1, 0.15) is 6.07 Å². The summed E-state index contributed by atoms with van der Waals surface area (Å²) in [6.45, 7) is 2.44. The van der Waals surface area contributed by atoms with E-state index in [-0.39, 0.29) is 0 Å². The molecule has 4 heteroatoms. The quantitative estimate of drug-likeness (QED) is 0.913. The molecule has 18 heavy (non-hydrogen) atoms. The number of hydrogen-bond donors (Lipinski definition) is 1. The summed E-state index contributed by atoms with van der Waals surface area (Å²) in [6.07, 6.45) is 3.79. The average molecular weight is 306 g/mol. The first-order valence-electron chi connectivity index (χ1n) is 6.48. The van der Waals surface area contributed by atoms with Crippen LogP contribution in [0.3, 0.4) is 0 Å². The van der Waals surface area contributed by atoms with Crippen LogP contribution in [0.25, 0.3) is 0 Å². The molecule has 2 unspecified atom stereocenters. The molecule has 3 rings (SSSR count). The van der Waals surface area contributed by atoms with Gasteiger partial charge < -0.3 is 5.32 Å². The van der Waals surface area contributed by atoms with Crippen LogP contribution in [0.1, 0.15) is 24.8 Å². The number of anilines is 1. The van der Waals surface area contributed by atoms with Crippen LogP contribution < -0.4 is 5.32 Å². The molecule has 0 radical (unpaired) electrons. The summed E-state index contributed by atoms with van der Waals surface area (Å²) in [5.41, 5.74) is 1.69. The number of rotatable bonds is 2. The van der Waals surface area contributed by atoms with Gasteiger partial charge in [-0.15, -0.1) is 0 Å². The zero-order chi connectivity index (χ0) is 12.5.